The van der Waals surface area contributed by atoms with Crippen molar-refractivity contribution in [1.29, 1.82) is 0 Å². The molecule has 0 saturated heterocycles. The number of nitrogens with zero attached hydrogens (tertiary/aromatic N) is 2. The number of pyridine rings is 1. The third-order valence-electron chi connectivity index (χ3n) is 3.29. The maximum atomic E-state index is 12.1. The molecule has 1 aromatic heterocycles. The van der Waals surface area contributed by atoms with Gasteiger partial charge in [0.25, 0.3) is 5.91 Å². The Balaban J connectivity index is 1.94. The SMILES string of the molecule is CNc1ccnc(CN2C(=O)COc3ccc(Cl)cc32)c1. The Hall–Kier alpha value is -2.27. The molecule has 0 fully saturated rings. The van der Waals surface area contributed by atoms with Gasteiger partial charge in [0.2, 0.25) is 0 Å². The van der Waals surface area contributed by atoms with Crippen LogP contribution in [0.3, 0.4) is 0 Å². The normalized spacial score (nSPS) is 13.6. The molecule has 1 amide bonds. The summed E-state index contributed by atoms with van der Waals surface area (Å²) in [6.45, 7) is 0.408. The minimum Gasteiger partial charge on any atom is -0.482 e. The molecule has 108 valence electrons. The Kier molecular flexibility index (Phi) is 3.66. The Morgan fingerprint density at radius 3 is 3.05 bits per heavy atom. The van der Waals surface area contributed by atoms with Crippen molar-refractivity contribution in [3.8, 4) is 5.75 Å². The summed E-state index contributed by atoms with van der Waals surface area (Å²) in [6.07, 6.45) is 1.71. The van der Waals surface area contributed by atoms with Crippen LogP contribution in [-0.4, -0.2) is 24.5 Å². The number of aromatic nitrogens is 1. The van der Waals surface area contributed by atoms with Gasteiger partial charge in [0.1, 0.15) is 5.75 Å². The minimum atomic E-state index is -0.110. The zero-order chi connectivity index (χ0) is 14.8. The van der Waals surface area contributed by atoms with E-state index in [4.69, 9.17) is 16.3 Å². The van der Waals surface area contributed by atoms with Crippen molar-refractivity contribution in [1.82, 2.24) is 4.98 Å². The van der Waals surface area contributed by atoms with Crippen LogP contribution in [0.5, 0.6) is 5.75 Å². The van der Waals surface area contributed by atoms with E-state index < -0.39 is 0 Å². The first-order valence-corrected chi connectivity index (χ1v) is 6.90. The van der Waals surface area contributed by atoms with Crippen LogP contribution in [-0.2, 0) is 11.3 Å². The molecule has 2 aromatic rings. The topological polar surface area (TPSA) is 54.5 Å². The molecule has 5 nitrogen and oxygen atoms in total. The average molecular weight is 304 g/mol. The molecule has 0 unspecified atom stereocenters. The molecule has 0 bridgehead atoms. The summed E-state index contributed by atoms with van der Waals surface area (Å²) in [6, 6.07) is 9.03. The first-order valence-electron chi connectivity index (χ1n) is 6.53. The van der Waals surface area contributed by atoms with Crippen molar-refractivity contribution in [2.45, 2.75) is 6.54 Å². The monoisotopic (exact) mass is 303 g/mol. The van der Waals surface area contributed by atoms with Gasteiger partial charge in [-0.3, -0.25) is 14.7 Å². The van der Waals surface area contributed by atoms with Crippen LogP contribution in [0.15, 0.2) is 36.5 Å². The lowest BCUT2D eigenvalue weighted by molar-refractivity contribution is -0.121. The summed E-state index contributed by atoms with van der Waals surface area (Å²) >= 11 is 6.02. The molecule has 1 N–H and O–H groups in total. The van der Waals surface area contributed by atoms with Crippen LogP contribution in [0.4, 0.5) is 11.4 Å². The van der Waals surface area contributed by atoms with E-state index in [0.717, 1.165) is 11.4 Å². The number of amides is 1. The van der Waals surface area contributed by atoms with Crippen LogP contribution in [0.1, 0.15) is 5.69 Å². The van der Waals surface area contributed by atoms with Crippen LogP contribution >= 0.6 is 11.6 Å². The first-order chi connectivity index (χ1) is 10.2. The molecule has 0 atom stereocenters. The third-order valence-corrected chi connectivity index (χ3v) is 3.52. The van der Waals surface area contributed by atoms with Gasteiger partial charge in [0.05, 0.1) is 17.9 Å². The molecule has 2 heterocycles. The molecule has 0 saturated carbocycles. The zero-order valence-corrected chi connectivity index (χ0v) is 12.2. The largest absolute Gasteiger partial charge is 0.482 e. The molecule has 3 rings (SSSR count). The van der Waals surface area contributed by atoms with Crippen LogP contribution in [0, 0.1) is 0 Å². The number of rotatable bonds is 3. The van der Waals surface area contributed by atoms with E-state index >= 15 is 0 Å². The number of fused-ring (bicyclic) bond motifs is 1. The van der Waals surface area contributed by atoms with Crippen molar-refractivity contribution in [2.24, 2.45) is 0 Å². The fourth-order valence-corrected chi connectivity index (χ4v) is 2.40. The van der Waals surface area contributed by atoms with Crippen LogP contribution < -0.4 is 15.0 Å². The van der Waals surface area contributed by atoms with E-state index in [0.29, 0.717) is 23.0 Å². The second-order valence-electron chi connectivity index (χ2n) is 4.67. The van der Waals surface area contributed by atoms with E-state index in [1.807, 2.05) is 19.2 Å². The minimum absolute atomic E-state index is 0.0281. The van der Waals surface area contributed by atoms with Crippen molar-refractivity contribution >= 4 is 28.9 Å². The van der Waals surface area contributed by atoms with E-state index in [1.165, 1.54) is 0 Å². The number of carbonyl (C=O) groups excluding carboxylic acids is 1. The quantitative estimate of drug-likeness (QED) is 0.947. The number of anilines is 2. The number of benzene rings is 1. The highest BCUT2D eigenvalue weighted by molar-refractivity contribution is 6.31. The molecule has 1 aliphatic rings. The highest BCUT2D eigenvalue weighted by atomic mass is 35.5. The maximum Gasteiger partial charge on any atom is 0.265 e. The Labute approximate surface area is 127 Å². The summed E-state index contributed by atoms with van der Waals surface area (Å²) < 4.78 is 5.42. The van der Waals surface area contributed by atoms with Crippen LogP contribution in [0.2, 0.25) is 5.02 Å². The molecule has 1 aliphatic heterocycles. The standard InChI is InChI=1S/C15H14ClN3O2/c1-17-11-4-5-18-12(7-11)8-19-13-6-10(16)2-3-14(13)21-9-15(19)20/h2-7H,8-9H2,1H3,(H,17,18). The van der Waals surface area contributed by atoms with Crippen molar-refractivity contribution in [2.75, 3.05) is 23.9 Å². The fourth-order valence-electron chi connectivity index (χ4n) is 2.23. The number of hydrogen-bond acceptors (Lipinski definition) is 4. The molecule has 6 heteroatoms. The fraction of sp³-hybridized carbons (Fsp3) is 0.200. The van der Waals surface area contributed by atoms with Crippen molar-refractivity contribution < 1.29 is 9.53 Å². The van der Waals surface area contributed by atoms with E-state index in [2.05, 4.69) is 10.3 Å². The van der Waals surface area contributed by atoms with E-state index in [9.17, 15) is 4.79 Å². The van der Waals surface area contributed by atoms with Gasteiger partial charge in [-0.25, -0.2) is 0 Å². The summed E-state index contributed by atoms with van der Waals surface area (Å²) in [4.78, 5) is 18.1. The molecule has 0 radical (unpaired) electrons. The number of ether oxygens (including phenoxy) is 1. The van der Waals surface area contributed by atoms with Crippen molar-refractivity contribution in [3.05, 3.63) is 47.2 Å². The number of carbonyl (C=O) groups is 1. The van der Waals surface area contributed by atoms with Gasteiger partial charge in [-0.2, -0.15) is 0 Å². The second-order valence-corrected chi connectivity index (χ2v) is 5.10. The van der Waals surface area contributed by atoms with E-state index in [-0.39, 0.29) is 12.5 Å². The maximum absolute atomic E-state index is 12.1. The molecule has 1 aromatic carbocycles. The molecule has 21 heavy (non-hydrogen) atoms. The molecular formula is C15H14ClN3O2. The Bertz CT molecular complexity index is 690. The van der Waals surface area contributed by atoms with E-state index in [1.54, 1.807) is 29.3 Å². The summed E-state index contributed by atoms with van der Waals surface area (Å²) in [5, 5.41) is 3.62. The highest BCUT2D eigenvalue weighted by Gasteiger charge is 2.26. The lowest BCUT2D eigenvalue weighted by Crippen LogP contribution is -2.38. The van der Waals surface area contributed by atoms with Gasteiger partial charge in [-0.1, -0.05) is 11.6 Å². The van der Waals surface area contributed by atoms with Crippen LogP contribution in [0.25, 0.3) is 0 Å². The lowest BCUT2D eigenvalue weighted by Gasteiger charge is -2.29. The Morgan fingerprint density at radius 2 is 2.24 bits per heavy atom. The molecular weight excluding hydrogens is 290 g/mol. The number of halogens is 1. The Morgan fingerprint density at radius 1 is 1.38 bits per heavy atom. The van der Waals surface area contributed by atoms with Gasteiger partial charge in [0, 0.05) is 24.0 Å². The van der Waals surface area contributed by atoms with Gasteiger partial charge < -0.3 is 10.1 Å². The predicted octanol–water partition coefficient (Wildman–Crippen LogP) is 2.70. The van der Waals surface area contributed by atoms with Gasteiger partial charge in [0.15, 0.2) is 6.61 Å². The number of hydrogen-bond donors (Lipinski definition) is 1. The van der Waals surface area contributed by atoms with Gasteiger partial charge in [-0.15, -0.1) is 0 Å². The second kappa shape index (κ2) is 5.61. The molecule has 0 spiro atoms. The smallest absolute Gasteiger partial charge is 0.265 e. The number of nitrogens with one attached hydrogen (secondary N) is 1. The van der Waals surface area contributed by atoms with Gasteiger partial charge >= 0.3 is 0 Å². The summed E-state index contributed by atoms with van der Waals surface area (Å²) in [7, 11) is 1.84. The lowest BCUT2D eigenvalue weighted by atomic mass is 10.2. The predicted molar refractivity (Wildman–Crippen MR) is 81.9 cm³/mol. The average Bonchev–Trinajstić information content (AvgIpc) is 2.50. The molecule has 0 aliphatic carbocycles. The van der Waals surface area contributed by atoms with Crippen molar-refractivity contribution in [3.63, 3.8) is 0 Å². The highest BCUT2D eigenvalue weighted by Crippen LogP contribution is 2.35. The first kappa shape index (κ1) is 13.7. The third kappa shape index (κ3) is 2.78. The summed E-state index contributed by atoms with van der Waals surface area (Å²) in [5.74, 6) is 0.546. The summed E-state index contributed by atoms with van der Waals surface area (Å²) in [5.41, 5.74) is 2.42. The van der Waals surface area contributed by atoms with Gasteiger partial charge in [-0.05, 0) is 30.3 Å². The zero-order valence-electron chi connectivity index (χ0n) is 11.5.